The van der Waals surface area contributed by atoms with Gasteiger partial charge in [0.1, 0.15) is 5.78 Å². The van der Waals surface area contributed by atoms with Crippen molar-refractivity contribution in [1.82, 2.24) is 19.8 Å². The van der Waals surface area contributed by atoms with Gasteiger partial charge in [0.2, 0.25) is 5.91 Å². The Labute approximate surface area is 163 Å². The molecule has 7 heteroatoms. The zero-order chi connectivity index (χ0) is 19.7. The van der Waals surface area contributed by atoms with Crippen LogP contribution in [0.2, 0.25) is 0 Å². The third-order valence-electron chi connectivity index (χ3n) is 5.90. The molecule has 28 heavy (non-hydrogen) atoms. The molecule has 1 atom stereocenters. The number of rotatable bonds is 4. The van der Waals surface area contributed by atoms with Gasteiger partial charge >= 0.3 is 0 Å². The van der Waals surface area contributed by atoms with Gasteiger partial charge in [-0.1, -0.05) is 6.92 Å². The molecule has 3 heterocycles. The SMILES string of the molecule is CCc1cc2ncc(CN3CCN(C(=O)C4CCCC4=O)CC3)cc2[nH]c1=O. The zero-order valence-electron chi connectivity index (χ0n) is 16.2. The fraction of sp³-hybridized carbons (Fsp3) is 0.524. The van der Waals surface area contributed by atoms with E-state index in [1.807, 2.05) is 30.2 Å². The maximum atomic E-state index is 12.5. The van der Waals surface area contributed by atoms with Crippen molar-refractivity contribution in [1.29, 1.82) is 0 Å². The fourth-order valence-corrected chi connectivity index (χ4v) is 4.20. The number of aromatic nitrogens is 2. The molecule has 0 aromatic carbocycles. The number of carbonyl (C=O) groups excluding carboxylic acids is 2. The van der Waals surface area contributed by atoms with E-state index >= 15 is 0 Å². The number of amides is 1. The summed E-state index contributed by atoms with van der Waals surface area (Å²) in [5.41, 5.74) is 3.29. The second kappa shape index (κ2) is 7.83. The lowest BCUT2D eigenvalue weighted by Gasteiger charge is -2.35. The van der Waals surface area contributed by atoms with Crippen LogP contribution in [0.3, 0.4) is 0 Å². The van der Waals surface area contributed by atoms with E-state index in [-0.39, 0.29) is 17.2 Å². The van der Waals surface area contributed by atoms with Gasteiger partial charge in [-0.25, -0.2) is 0 Å². The average Bonchev–Trinajstić information content (AvgIpc) is 3.13. The molecule has 7 nitrogen and oxygen atoms in total. The van der Waals surface area contributed by atoms with Gasteiger partial charge in [0.15, 0.2) is 0 Å². The van der Waals surface area contributed by atoms with Crippen LogP contribution in [-0.4, -0.2) is 57.6 Å². The lowest BCUT2D eigenvalue weighted by molar-refractivity contribution is -0.141. The van der Waals surface area contributed by atoms with E-state index in [0.717, 1.165) is 48.2 Å². The van der Waals surface area contributed by atoms with Crippen LogP contribution in [0.25, 0.3) is 11.0 Å². The van der Waals surface area contributed by atoms with Crippen LogP contribution in [0.4, 0.5) is 0 Å². The Bertz CT molecular complexity index is 960. The number of pyridine rings is 2. The quantitative estimate of drug-likeness (QED) is 0.810. The molecule has 0 spiro atoms. The maximum absolute atomic E-state index is 12.5. The first-order valence-corrected chi connectivity index (χ1v) is 10.1. The van der Waals surface area contributed by atoms with Gasteiger partial charge in [0.25, 0.3) is 5.56 Å². The van der Waals surface area contributed by atoms with Crippen LogP contribution in [0, 0.1) is 5.92 Å². The molecule has 1 aliphatic carbocycles. The van der Waals surface area contributed by atoms with Crippen molar-refractivity contribution >= 4 is 22.7 Å². The molecule has 2 fully saturated rings. The highest BCUT2D eigenvalue weighted by Gasteiger charge is 2.35. The van der Waals surface area contributed by atoms with E-state index in [1.165, 1.54) is 0 Å². The second-order valence-corrected chi connectivity index (χ2v) is 7.77. The molecule has 2 aromatic rings. The molecule has 1 unspecified atom stereocenters. The van der Waals surface area contributed by atoms with Crippen LogP contribution < -0.4 is 5.56 Å². The molecule has 1 N–H and O–H groups in total. The van der Waals surface area contributed by atoms with Crippen LogP contribution >= 0.6 is 0 Å². The Morgan fingerprint density at radius 2 is 2.00 bits per heavy atom. The van der Waals surface area contributed by atoms with Crippen molar-refractivity contribution in [3.8, 4) is 0 Å². The number of hydrogen-bond donors (Lipinski definition) is 1. The standard InChI is InChI=1S/C21H26N4O3/c1-2-15-11-17-18(23-20(15)27)10-14(12-22-17)13-24-6-8-25(9-7-24)21(28)16-4-3-5-19(16)26/h10-12,16H,2-9,13H2,1H3,(H,23,27). The zero-order valence-corrected chi connectivity index (χ0v) is 16.2. The number of piperazine rings is 1. The predicted molar refractivity (Wildman–Crippen MR) is 106 cm³/mol. The molecular formula is C21H26N4O3. The Balaban J connectivity index is 1.38. The number of aryl methyl sites for hydroxylation is 1. The predicted octanol–water partition coefficient (Wildman–Crippen LogP) is 1.50. The van der Waals surface area contributed by atoms with Crippen molar-refractivity contribution in [2.45, 2.75) is 39.2 Å². The van der Waals surface area contributed by atoms with E-state index in [2.05, 4.69) is 14.9 Å². The molecule has 1 saturated heterocycles. The molecule has 0 radical (unpaired) electrons. The molecule has 1 saturated carbocycles. The van der Waals surface area contributed by atoms with Gasteiger partial charge in [-0.15, -0.1) is 0 Å². The summed E-state index contributed by atoms with van der Waals surface area (Å²) >= 11 is 0. The highest BCUT2D eigenvalue weighted by atomic mass is 16.2. The Kier molecular flexibility index (Phi) is 5.26. The summed E-state index contributed by atoms with van der Waals surface area (Å²) in [4.78, 5) is 48.0. The largest absolute Gasteiger partial charge is 0.340 e. The van der Waals surface area contributed by atoms with Crippen molar-refractivity contribution < 1.29 is 9.59 Å². The second-order valence-electron chi connectivity index (χ2n) is 7.77. The average molecular weight is 382 g/mol. The van der Waals surface area contributed by atoms with E-state index in [4.69, 9.17) is 0 Å². The monoisotopic (exact) mass is 382 g/mol. The number of nitrogens with zero attached hydrogens (tertiary/aromatic N) is 3. The Hall–Kier alpha value is -2.54. The van der Waals surface area contributed by atoms with Crippen molar-refractivity contribution in [3.05, 3.63) is 39.8 Å². The molecular weight excluding hydrogens is 356 g/mol. The van der Waals surface area contributed by atoms with Gasteiger partial charge in [0.05, 0.1) is 17.0 Å². The highest BCUT2D eigenvalue weighted by Crippen LogP contribution is 2.24. The molecule has 2 aromatic heterocycles. The topological polar surface area (TPSA) is 86.4 Å². The first-order valence-electron chi connectivity index (χ1n) is 10.1. The number of hydrogen-bond acceptors (Lipinski definition) is 5. The summed E-state index contributed by atoms with van der Waals surface area (Å²) in [6.07, 6.45) is 4.64. The molecule has 0 bridgehead atoms. The summed E-state index contributed by atoms with van der Waals surface area (Å²) in [5, 5.41) is 0. The molecule has 1 amide bonds. The van der Waals surface area contributed by atoms with Gasteiger partial charge in [-0.05, 0) is 37.0 Å². The van der Waals surface area contributed by atoms with E-state index in [1.54, 1.807) is 0 Å². The Morgan fingerprint density at radius 1 is 1.21 bits per heavy atom. The molecule has 148 valence electrons. The number of fused-ring (bicyclic) bond motifs is 1. The number of aromatic amines is 1. The number of H-pyrrole nitrogens is 1. The minimum atomic E-state index is -0.402. The van der Waals surface area contributed by atoms with E-state index in [9.17, 15) is 14.4 Å². The van der Waals surface area contributed by atoms with Crippen molar-refractivity contribution in [2.75, 3.05) is 26.2 Å². The summed E-state index contributed by atoms with van der Waals surface area (Å²) in [5.74, 6) is -0.283. The highest BCUT2D eigenvalue weighted by molar-refractivity contribution is 6.02. The third-order valence-corrected chi connectivity index (χ3v) is 5.90. The van der Waals surface area contributed by atoms with Gasteiger partial charge < -0.3 is 9.88 Å². The normalized spacial score (nSPS) is 20.8. The summed E-state index contributed by atoms with van der Waals surface area (Å²) in [7, 11) is 0. The third kappa shape index (κ3) is 3.71. The summed E-state index contributed by atoms with van der Waals surface area (Å²) in [6.45, 7) is 5.54. The van der Waals surface area contributed by atoms with Crippen molar-refractivity contribution in [3.63, 3.8) is 0 Å². The fourth-order valence-electron chi connectivity index (χ4n) is 4.20. The lowest BCUT2D eigenvalue weighted by Crippen LogP contribution is -2.50. The van der Waals surface area contributed by atoms with Crippen LogP contribution in [0.15, 0.2) is 23.1 Å². The minimum Gasteiger partial charge on any atom is -0.340 e. The van der Waals surface area contributed by atoms with E-state index in [0.29, 0.717) is 32.4 Å². The summed E-state index contributed by atoms with van der Waals surface area (Å²) < 4.78 is 0. The number of Topliss-reactive ketones (excluding diaryl/α,β-unsaturated/α-hetero) is 1. The van der Waals surface area contributed by atoms with Crippen LogP contribution in [0.5, 0.6) is 0 Å². The molecule has 4 rings (SSSR count). The van der Waals surface area contributed by atoms with Gasteiger partial charge in [0, 0.05) is 50.9 Å². The smallest absolute Gasteiger partial charge is 0.251 e. The number of nitrogens with one attached hydrogen (secondary N) is 1. The Morgan fingerprint density at radius 3 is 2.68 bits per heavy atom. The van der Waals surface area contributed by atoms with Crippen molar-refractivity contribution in [2.24, 2.45) is 5.92 Å². The lowest BCUT2D eigenvalue weighted by atomic mass is 10.1. The van der Waals surface area contributed by atoms with Crippen LogP contribution in [-0.2, 0) is 22.6 Å². The first-order chi connectivity index (χ1) is 13.5. The number of carbonyl (C=O) groups is 2. The summed E-state index contributed by atoms with van der Waals surface area (Å²) in [6, 6.07) is 3.84. The molecule has 2 aliphatic rings. The number of ketones is 1. The molecule has 1 aliphatic heterocycles. The van der Waals surface area contributed by atoms with Crippen LogP contribution in [0.1, 0.15) is 37.3 Å². The van der Waals surface area contributed by atoms with Gasteiger partial charge in [-0.2, -0.15) is 0 Å². The maximum Gasteiger partial charge on any atom is 0.251 e. The first kappa shape index (κ1) is 18.8. The van der Waals surface area contributed by atoms with Gasteiger partial charge in [-0.3, -0.25) is 24.3 Å². The van der Waals surface area contributed by atoms with E-state index < -0.39 is 5.92 Å². The minimum absolute atomic E-state index is 0.0128.